The molecule has 0 atom stereocenters. The standard InChI is InChI=1S/C37H31N2O.C21H22NSi.Ir/c1-23(2)30-21-26(25-13-6-5-7-14-25)22-31(24(3)4)35(30)39-33-19-10-9-18-32(33)38-37(39)29-17-12-16-28-27-15-8-11-20-34(27)40-36(28)29;1-23(2,3)21-16-22-20(18-12-8-5-9-13-18)15-19(21)14-17-10-6-4-7-11-17;/h5-16,18-24H,1-4H3;4-12,15-16H,14H2,1-3H3;/q2*-1;. The number of nitrogens with zero attached hydrogens (tertiary/aromatic N) is 3. The minimum atomic E-state index is -1.43. The van der Waals surface area contributed by atoms with Gasteiger partial charge in [-0.2, -0.15) is 0 Å². The fourth-order valence-corrected chi connectivity index (χ4v) is 10.3. The molecular weight excluding hydrogens is 975 g/mol. The monoisotopic (exact) mass is 1030 g/mol. The summed E-state index contributed by atoms with van der Waals surface area (Å²) in [6, 6.07) is 63.9. The van der Waals surface area contributed by atoms with Crippen molar-refractivity contribution in [3.05, 3.63) is 204 Å². The molecule has 10 rings (SSSR count). The van der Waals surface area contributed by atoms with Crippen molar-refractivity contribution < 1.29 is 24.5 Å². The van der Waals surface area contributed by atoms with Gasteiger partial charge in [-0.05, 0) is 87.3 Å². The van der Waals surface area contributed by atoms with E-state index in [-0.39, 0.29) is 20.1 Å². The van der Waals surface area contributed by atoms with E-state index in [4.69, 9.17) is 14.4 Å². The summed E-state index contributed by atoms with van der Waals surface area (Å²) in [5, 5.41) is 3.63. The van der Waals surface area contributed by atoms with Crippen molar-refractivity contribution in [3.8, 4) is 39.5 Å². The van der Waals surface area contributed by atoms with Crippen molar-refractivity contribution >= 4 is 46.2 Å². The van der Waals surface area contributed by atoms with E-state index in [1.807, 2.05) is 36.4 Å². The molecule has 10 aromatic rings. The third kappa shape index (κ3) is 8.96. The maximum Gasteiger partial charge on any atom is 0.120 e. The van der Waals surface area contributed by atoms with Gasteiger partial charge in [0.15, 0.2) is 0 Å². The van der Waals surface area contributed by atoms with Crippen LogP contribution in [0.3, 0.4) is 0 Å². The molecule has 0 aliphatic heterocycles. The van der Waals surface area contributed by atoms with Gasteiger partial charge in [0.1, 0.15) is 5.58 Å². The molecule has 64 heavy (non-hydrogen) atoms. The van der Waals surface area contributed by atoms with Crippen LogP contribution in [-0.4, -0.2) is 22.6 Å². The SMILES string of the molecule is CC(C)c1cc(-c2ccccc2)cc(C(C)C)c1-n1c(-c2[c-]ccc3c2oc2ccccc23)nc2ccccc21.C[Si](C)(C)c1cnc(-c2[c-]cccc2)cc1Cc1ccccc1.[Ir]. The molecule has 0 fully saturated rings. The predicted octanol–water partition coefficient (Wildman–Crippen LogP) is 15.0. The Morgan fingerprint density at radius 3 is 1.98 bits per heavy atom. The Morgan fingerprint density at radius 2 is 1.30 bits per heavy atom. The third-order valence-corrected chi connectivity index (χ3v) is 14.0. The van der Waals surface area contributed by atoms with Crippen molar-refractivity contribution in [2.45, 2.75) is 65.6 Å². The molecule has 0 aliphatic rings. The molecule has 0 aliphatic carbocycles. The smallest absolute Gasteiger partial charge is 0.120 e. The number of hydrogen-bond donors (Lipinski definition) is 0. The summed E-state index contributed by atoms with van der Waals surface area (Å²) >= 11 is 0. The second-order valence-corrected chi connectivity index (χ2v) is 23.1. The number of pyridine rings is 1. The van der Waals surface area contributed by atoms with Gasteiger partial charge in [0.05, 0.1) is 30.5 Å². The molecule has 0 saturated carbocycles. The summed E-state index contributed by atoms with van der Waals surface area (Å²) < 4.78 is 8.83. The fourth-order valence-electron chi connectivity index (χ4n) is 8.73. The van der Waals surface area contributed by atoms with Gasteiger partial charge in [-0.3, -0.25) is 4.98 Å². The molecule has 0 bridgehead atoms. The second-order valence-electron chi connectivity index (χ2n) is 18.0. The maximum atomic E-state index is 6.47. The van der Waals surface area contributed by atoms with Crippen molar-refractivity contribution in [2.75, 3.05) is 0 Å². The van der Waals surface area contributed by atoms with Gasteiger partial charge in [0, 0.05) is 37.4 Å². The van der Waals surface area contributed by atoms with E-state index >= 15 is 0 Å². The van der Waals surface area contributed by atoms with E-state index in [2.05, 4.69) is 198 Å². The second kappa shape index (κ2) is 18.9. The van der Waals surface area contributed by atoms with Gasteiger partial charge >= 0.3 is 0 Å². The molecule has 0 unspecified atom stereocenters. The van der Waals surface area contributed by atoms with Crippen molar-refractivity contribution in [3.63, 3.8) is 0 Å². The van der Waals surface area contributed by atoms with Crippen LogP contribution in [-0.2, 0) is 26.5 Å². The number of para-hydroxylation sites is 3. The Bertz CT molecular complexity index is 3150. The average molecular weight is 1030 g/mol. The first-order valence-corrected chi connectivity index (χ1v) is 25.6. The van der Waals surface area contributed by atoms with E-state index in [1.54, 1.807) is 0 Å². The molecule has 7 aromatic carbocycles. The third-order valence-electron chi connectivity index (χ3n) is 11.9. The van der Waals surface area contributed by atoms with E-state index in [0.717, 1.165) is 62.0 Å². The van der Waals surface area contributed by atoms with Crippen molar-refractivity contribution in [2.24, 2.45) is 0 Å². The quantitative estimate of drug-likeness (QED) is 0.107. The first-order chi connectivity index (χ1) is 30.5. The summed E-state index contributed by atoms with van der Waals surface area (Å²) in [6.07, 6.45) is 3.06. The fraction of sp³-hybridized carbons (Fsp3) is 0.172. The van der Waals surface area contributed by atoms with Gasteiger partial charge in [-0.15, -0.1) is 54.1 Å². The molecule has 0 N–H and O–H groups in total. The van der Waals surface area contributed by atoms with Crippen LogP contribution < -0.4 is 5.19 Å². The van der Waals surface area contributed by atoms with Crippen LogP contribution in [0.25, 0.3) is 72.4 Å². The van der Waals surface area contributed by atoms with Gasteiger partial charge in [-0.1, -0.05) is 161 Å². The number of rotatable bonds is 9. The Balaban J connectivity index is 0.000000199. The van der Waals surface area contributed by atoms with Crippen LogP contribution >= 0.6 is 0 Å². The Hall–Kier alpha value is -6.17. The molecule has 1 radical (unpaired) electrons. The number of hydrogen-bond acceptors (Lipinski definition) is 3. The van der Waals surface area contributed by atoms with Gasteiger partial charge < -0.3 is 14.0 Å². The van der Waals surface area contributed by atoms with Crippen LogP contribution in [0.5, 0.6) is 0 Å². The molecule has 3 heterocycles. The van der Waals surface area contributed by atoms with Gasteiger partial charge in [0.25, 0.3) is 0 Å². The van der Waals surface area contributed by atoms with Crippen LogP contribution in [0.1, 0.15) is 61.8 Å². The Morgan fingerprint density at radius 1 is 0.641 bits per heavy atom. The largest absolute Gasteiger partial charge is 0.501 e. The van der Waals surface area contributed by atoms with E-state index in [1.165, 1.54) is 44.3 Å². The zero-order valence-electron chi connectivity index (χ0n) is 37.6. The number of aromatic nitrogens is 3. The first kappa shape index (κ1) is 44.4. The number of imidazole rings is 1. The van der Waals surface area contributed by atoms with Crippen LogP contribution in [0.15, 0.2) is 174 Å². The van der Waals surface area contributed by atoms with Crippen LogP contribution in [0, 0.1) is 12.1 Å². The maximum absolute atomic E-state index is 6.47. The molecule has 0 amide bonds. The molecule has 3 aromatic heterocycles. The summed E-state index contributed by atoms with van der Waals surface area (Å²) in [6.45, 7) is 16.3. The van der Waals surface area contributed by atoms with E-state index < -0.39 is 8.07 Å². The zero-order valence-corrected chi connectivity index (χ0v) is 41.0. The van der Waals surface area contributed by atoms with Crippen LogP contribution in [0.2, 0.25) is 19.6 Å². The van der Waals surface area contributed by atoms with Crippen LogP contribution in [0.4, 0.5) is 0 Å². The van der Waals surface area contributed by atoms with Gasteiger partial charge in [-0.25, -0.2) is 0 Å². The molecule has 321 valence electrons. The summed E-state index contributed by atoms with van der Waals surface area (Å²) in [5.41, 5.74) is 15.7. The number of furan rings is 1. The summed E-state index contributed by atoms with van der Waals surface area (Å²) in [5.74, 6) is 1.45. The Labute approximate surface area is 392 Å². The summed E-state index contributed by atoms with van der Waals surface area (Å²) in [7, 11) is -1.43. The van der Waals surface area contributed by atoms with Gasteiger partial charge in [0.2, 0.25) is 0 Å². The Kier molecular flexibility index (Phi) is 13.1. The van der Waals surface area contributed by atoms with Crippen molar-refractivity contribution in [1.82, 2.24) is 14.5 Å². The topological polar surface area (TPSA) is 43.9 Å². The average Bonchev–Trinajstić information content (AvgIpc) is 3.88. The normalized spacial score (nSPS) is 11.6. The number of fused-ring (bicyclic) bond motifs is 4. The zero-order chi connectivity index (χ0) is 43.7. The summed E-state index contributed by atoms with van der Waals surface area (Å²) in [4.78, 5) is 9.95. The minimum absolute atomic E-state index is 0. The van der Waals surface area contributed by atoms with Crippen molar-refractivity contribution in [1.29, 1.82) is 0 Å². The van der Waals surface area contributed by atoms with E-state index in [9.17, 15) is 0 Å². The minimum Gasteiger partial charge on any atom is -0.501 e. The molecule has 6 heteroatoms. The molecule has 0 saturated heterocycles. The predicted molar refractivity (Wildman–Crippen MR) is 267 cm³/mol. The molecular formula is C58H53IrN3OSi-2. The molecule has 0 spiro atoms. The molecule has 4 nitrogen and oxygen atoms in total. The van der Waals surface area contributed by atoms with E-state index in [0.29, 0.717) is 11.8 Å². The number of benzene rings is 7. The first-order valence-electron chi connectivity index (χ1n) is 22.1.